The van der Waals surface area contributed by atoms with Crippen molar-refractivity contribution in [3.05, 3.63) is 43.0 Å². The van der Waals surface area contributed by atoms with Crippen LogP contribution < -0.4 is 5.32 Å². The quantitative estimate of drug-likeness (QED) is 0.769. The lowest BCUT2D eigenvalue weighted by atomic mass is 9.98. The van der Waals surface area contributed by atoms with Crippen LogP contribution in [0.15, 0.2) is 43.0 Å². The summed E-state index contributed by atoms with van der Waals surface area (Å²) in [5.41, 5.74) is 1.40. The van der Waals surface area contributed by atoms with Crippen molar-refractivity contribution < 1.29 is 5.11 Å². The Bertz CT molecular complexity index is 846. The molecule has 24 heavy (non-hydrogen) atoms. The Morgan fingerprint density at radius 3 is 2.50 bits per heavy atom. The van der Waals surface area contributed by atoms with Crippen LogP contribution in [0.3, 0.4) is 0 Å². The van der Waals surface area contributed by atoms with E-state index in [1.165, 1.54) is 0 Å². The van der Waals surface area contributed by atoms with Crippen molar-refractivity contribution in [2.75, 3.05) is 11.9 Å². The highest BCUT2D eigenvalue weighted by atomic mass is 16.3. The van der Waals surface area contributed by atoms with Gasteiger partial charge >= 0.3 is 0 Å². The number of aliphatic hydroxyl groups excluding tert-OH is 1. The number of hydrogen-bond acceptors (Lipinski definition) is 6. The number of aromatic nitrogens is 4. The molecule has 0 spiro atoms. The van der Waals surface area contributed by atoms with E-state index in [0.29, 0.717) is 5.82 Å². The van der Waals surface area contributed by atoms with Gasteiger partial charge in [0.15, 0.2) is 5.82 Å². The van der Waals surface area contributed by atoms with Gasteiger partial charge in [0.25, 0.3) is 0 Å². The Balaban J connectivity index is 1.84. The Hall–Kier alpha value is -2.60. The molecule has 2 N–H and O–H groups in total. The van der Waals surface area contributed by atoms with Crippen LogP contribution in [0.1, 0.15) is 25.7 Å². The molecule has 1 aliphatic rings. The first-order valence-corrected chi connectivity index (χ1v) is 8.21. The Labute approximate surface area is 140 Å². The zero-order valence-corrected chi connectivity index (χ0v) is 13.3. The molecule has 3 aromatic heterocycles. The highest BCUT2D eigenvalue weighted by molar-refractivity contribution is 5.90. The number of hydrogen-bond donors (Lipinski definition) is 2. The van der Waals surface area contributed by atoms with E-state index in [4.69, 9.17) is 4.98 Å². The normalized spacial score (nSPS) is 16.4. The average Bonchev–Trinajstić information content (AvgIpc) is 3.11. The van der Waals surface area contributed by atoms with Crippen LogP contribution in [0, 0.1) is 0 Å². The molecule has 0 atom stereocenters. The molecule has 1 saturated carbocycles. The van der Waals surface area contributed by atoms with Gasteiger partial charge in [-0.05, 0) is 31.0 Å². The van der Waals surface area contributed by atoms with Gasteiger partial charge in [0.1, 0.15) is 5.82 Å². The second-order valence-electron chi connectivity index (χ2n) is 6.30. The van der Waals surface area contributed by atoms with E-state index in [1.54, 1.807) is 24.8 Å². The molecule has 4 rings (SSSR count). The molecule has 0 radical (unpaired) electrons. The number of fused-ring (bicyclic) bond motifs is 1. The third-order valence-electron chi connectivity index (χ3n) is 4.68. The van der Waals surface area contributed by atoms with E-state index >= 15 is 0 Å². The number of nitrogens with zero attached hydrogens (tertiary/aromatic N) is 4. The molecule has 0 saturated heterocycles. The van der Waals surface area contributed by atoms with Crippen LogP contribution in [-0.2, 0) is 0 Å². The summed E-state index contributed by atoms with van der Waals surface area (Å²) in [7, 11) is 0. The topological polar surface area (TPSA) is 83.8 Å². The van der Waals surface area contributed by atoms with Crippen LogP contribution >= 0.6 is 0 Å². The molecule has 0 bridgehead atoms. The van der Waals surface area contributed by atoms with Crippen molar-refractivity contribution in [1.29, 1.82) is 0 Å². The maximum atomic E-state index is 9.91. The minimum absolute atomic E-state index is 0.105. The second kappa shape index (κ2) is 6.13. The second-order valence-corrected chi connectivity index (χ2v) is 6.30. The summed E-state index contributed by atoms with van der Waals surface area (Å²) < 4.78 is 0. The smallest absolute Gasteiger partial charge is 0.162 e. The summed E-state index contributed by atoms with van der Waals surface area (Å²) >= 11 is 0. The summed E-state index contributed by atoms with van der Waals surface area (Å²) in [5.74, 6) is 1.39. The van der Waals surface area contributed by atoms with Gasteiger partial charge in [-0.15, -0.1) is 0 Å². The zero-order valence-electron chi connectivity index (χ0n) is 13.3. The van der Waals surface area contributed by atoms with Gasteiger partial charge in [-0.25, -0.2) is 9.97 Å². The van der Waals surface area contributed by atoms with Crippen LogP contribution in [0.4, 0.5) is 5.82 Å². The molecular weight excluding hydrogens is 302 g/mol. The maximum absolute atomic E-state index is 9.91. The molecule has 3 heterocycles. The lowest BCUT2D eigenvalue weighted by Crippen LogP contribution is -2.39. The molecule has 6 nitrogen and oxygen atoms in total. The first kappa shape index (κ1) is 15.0. The molecule has 0 aliphatic heterocycles. The van der Waals surface area contributed by atoms with Crippen LogP contribution in [0.2, 0.25) is 0 Å². The summed E-state index contributed by atoms with van der Waals surface area (Å²) in [6.07, 6.45) is 11.1. The Morgan fingerprint density at radius 1 is 1.00 bits per heavy atom. The number of nitrogens with one attached hydrogen (secondary N) is 1. The number of pyridine rings is 2. The fourth-order valence-electron chi connectivity index (χ4n) is 3.33. The summed E-state index contributed by atoms with van der Waals surface area (Å²) in [6.45, 7) is 0.105. The van der Waals surface area contributed by atoms with E-state index in [-0.39, 0.29) is 12.1 Å². The minimum Gasteiger partial charge on any atom is -0.394 e. The van der Waals surface area contributed by atoms with Crippen LogP contribution in [0.5, 0.6) is 0 Å². The first-order chi connectivity index (χ1) is 11.8. The number of aliphatic hydroxyl groups is 1. The van der Waals surface area contributed by atoms with Crippen molar-refractivity contribution >= 4 is 16.7 Å². The highest BCUT2D eigenvalue weighted by Crippen LogP contribution is 2.34. The third-order valence-corrected chi connectivity index (χ3v) is 4.68. The lowest BCUT2D eigenvalue weighted by molar-refractivity contribution is 0.214. The van der Waals surface area contributed by atoms with E-state index in [2.05, 4.69) is 20.3 Å². The minimum atomic E-state index is -0.292. The van der Waals surface area contributed by atoms with Crippen molar-refractivity contribution in [3.8, 4) is 11.4 Å². The number of anilines is 1. The van der Waals surface area contributed by atoms with Gasteiger partial charge in [-0.3, -0.25) is 9.97 Å². The van der Waals surface area contributed by atoms with Crippen LogP contribution in [0.25, 0.3) is 22.3 Å². The van der Waals surface area contributed by atoms with Gasteiger partial charge in [0, 0.05) is 29.5 Å². The molecule has 0 aromatic carbocycles. The van der Waals surface area contributed by atoms with Gasteiger partial charge in [-0.1, -0.05) is 12.8 Å². The molecule has 6 heteroatoms. The molecule has 1 fully saturated rings. The standard InChI is InChI=1S/C18H19N5O/c24-12-18(6-1-2-7-18)23-17-14-5-10-20-11-15(14)21-16(22-17)13-3-8-19-9-4-13/h3-5,8-11,24H,1-2,6-7,12H2,(H,21,22,23). The Kier molecular flexibility index (Phi) is 3.82. The maximum Gasteiger partial charge on any atom is 0.162 e. The molecular formula is C18H19N5O. The largest absolute Gasteiger partial charge is 0.394 e. The molecule has 3 aromatic rings. The van der Waals surface area contributed by atoms with Crippen molar-refractivity contribution in [3.63, 3.8) is 0 Å². The third kappa shape index (κ3) is 2.69. The fourth-order valence-corrected chi connectivity index (χ4v) is 3.33. The summed E-state index contributed by atoms with van der Waals surface area (Å²) in [4.78, 5) is 17.6. The zero-order chi connectivity index (χ0) is 16.4. The number of rotatable bonds is 4. The summed E-state index contributed by atoms with van der Waals surface area (Å²) in [5, 5.41) is 14.3. The van der Waals surface area contributed by atoms with Gasteiger partial charge in [0.05, 0.1) is 23.9 Å². The fraction of sp³-hybridized carbons (Fsp3) is 0.333. The Morgan fingerprint density at radius 2 is 1.75 bits per heavy atom. The highest BCUT2D eigenvalue weighted by Gasteiger charge is 2.34. The van der Waals surface area contributed by atoms with E-state index in [1.807, 2.05) is 18.2 Å². The molecule has 1 aliphatic carbocycles. The van der Waals surface area contributed by atoms with Crippen molar-refractivity contribution in [2.45, 2.75) is 31.2 Å². The first-order valence-electron chi connectivity index (χ1n) is 8.21. The van der Waals surface area contributed by atoms with E-state index < -0.39 is 0 Å². The van der Waals surface area contributed by atoms with E-state index in [9.17, 15) is 5.11 Å². The van der Waals surface area contributed by atoms with E-state index in [0.717, 1.165) is 48.0 Å². The average molecular weight is 321 g/mol. The van der Waals surface area contributed by atoms with Crippen LogP contribution in [-0.4, -0.2) is 37.2 Å². The van der Waals surface area contributed by atoms with Gasteiger partial charge in [-0.2, -0.15) is 0 Å². The lowest BCUT2D eigenvalue weighted by Gasteiger charge is -2.29. The molecule has 0 unspecified atom stereocenters. The monoisotopic (exact) mass is 321 g/mol. The van der Waals surface area contributed by atoms with Gasteiger partial charge < -0.3 is 10.4 Å². The molecule has 0 amide bonds. The molecule has 122 valence electrons. The SMILES string of the molecule is OCC1(Nc2nc(-c3ccncc3)nc3cnccc23)CCCC1. The van der Waals surface area contributed by atoms with Gasteiger partial charge in [0.2, 0.25) is 0 Å². The predicted octanol–water partition coefficient (Wildman–Crippen LogP) is 2.80. The van der Waals surface area contributed by atoms with Crippen molar-refractivity contribution in [1.82, 2.24) is 19.9 Å². The predicted molar refractivity (Wildman–Crippen MR) is 92.5 cm³/mol. The van der Waals surface area contributed by atoms with Crippen molar-refractivity contribution in [2.24, 2.45) is 0 Å². The summed E-state index contributed by atoms with van der Waals surface area (Å²) in [6, 6.07) is 5.69.